The topological polar surface area (TPSA) is 130 Å². The Balaban J connectivity index is 1.94. The summed E-state index contributed by atoms with van der Waals surface area (Å²) in [7, 11) is 0. The van der Waals surface area contributed by atoms with Crippen molar-refractivity contribution in [2.75, 3.05) is 18.5 Å². The van der Waals surface area contributed by atoms with Gasteiger partial charge in [-0.1, -0.05) is 23.9 Å². The molecule has 9 nitrogen and oxygen atoms in total. The monoisotopic (exact) mass is 437 g/mol. The predicted octanol–water partition coefficient (Wildman–Crippen LogP) is 1.62. The first-order chi connectivity index (χ1) is 14.4. The summed E-state index contributed by atoms with van der Waals surface area (Å²) in [6.07, 6.45) is 1.02. The zero-order valence-electron chi connectivity index (χ0n) is 15.7. The summed E-state index contributed by atoms with van der Waals surface area (Å²) < 4.78 is 32.2. The molecule has 0 aliphatic rings. The first kappa shape index (κ1) is 21.6. The summed E-state index contributed by atoms with van der Waals surface area (Å²) in [4.78, 5) is 38.5. The van der Waals surface area contributed by atoms with Crippen LogP contribution in [-0.2, 0) is 15.3 Å². The smallest absolute Gasteiger partial charge is 0.331 e. The Labute approximate surface area is 172 Å². The third-order valence-corrected chi connectivity index (χ3v) is 4.77. The number of nitrogens with zero attached hydrogens (tertiary/aromatic N) is 3. The van der Waals surface area contributed by atoms with E-state index in [0.29, 0.717) is 0 Å². The molecular weight excluding hydrogens is 420 g/mol. The van der Waals surface area contributed by atoms with Gasteiger partial charge in [0.2, 0.25) is 0 Å². The standard InChI is InChI=1S/C18H17F2N5O4S/c1-2-29-17(28)11(7-26)22-15-14-16(23-12(27)6-21-14)25-18(24-15)30-8-9-4-3-5-10(19)13(9)20/h3-6,11,26H,2,7-8H2,1H3,(H2,22,23,24,25,27)/t11-/m0/s1. The summed E-state index contributed by atoms with van der Waals surface area (Å²) in [5.41, 5.74) is -0.178. The van der Waals surface area contributed by atoms with Gasteiger partial charge in [-0.3, -0.25) is 4.79 Å². The molecule has 3 aromatic rings. The molecule has 0 saturated heterocycles. The van der Waals surface area contributed by atoms with E-state index < -0.39 is 35.8 Å². The number of thioether (sulfide) groups is 1. The van der Waals surface area contributed by atoms with Gasteiger partial charge >= 0.3 is 5.97 Å². The van der Waals surface area contributed by atoms with Gasteiger partial charge in [0, 0.05) is 11.3 Å². The number of aliphatic hydroxyl groups excluding tert-OH is 1. The Morgan fingerprint density at radius 2 is 2.17 bits per heavy atom. The van der Waals surface area contributed by atoms with Crippen LogP contribution in [0.4, 0.5) is 14.6 Å². The zero-order chi connectivity index (χ0) is 21.7. The molecule has 0 aliphatic heterocycles. The SMILES string of the molecule is CCOC(=O)[C@H](CO)Nc1nc(SCc2cccc(F)c2F)nc2[nH]c(=O)cnc12. The second-order valence-corrected chi connectivity index (χ2v) is 6.88. The Bertz CT molecular complexity index is 1130. The fraction of sp³-hybridized carbons (Fsp3) is 0.278. The number of esters is 1. The number of carbonyl (C=O) groups is 1. The third-order valence-electron chi connectivity index (χ3n) is 3.87. The third kappa shape index (κ3) is 4.89. The maximum atomic E-state index is 13.9. The van der Waals surface area contributed by atoms with Crippen LogP contribution in [0, 0.1) is 11.6 Å². The van der Waals surface area contributed by atoms with Gasteiger partial charge in [0.25, 0.3) is 5.56 Å². The van der Waals surface area contributed by atoms with Crippen molar-refractivity contribution in [3.8, 4) is 0 Å². The maximum absolute atomic E-state index is 13.9. The van der Waals surface area contributed by atoms with Crippen molar-refractivity contribution >= 4 is 34.7 Å². The number of aromatic nitrogens is 4. The fourth-order valence-corrected chi connectivity index (χ4v) is 3.29. The minimum Gasteiger partial charge on any atom is -0.464 e. The lowest BCUT2D eigenvalue weighted by Gasteiger charge is -2.16. The number of aliphatic hydroxyl groups is 1. The van der Waals surface area contributed by atoms with Gasteiger partial charge in [0.05, 0.1) is 19.4 Å². The number of carbonyl (C=O) groups excluding carboxylic acids is 1. The van der Waals surface area contributed by atoms with Gasteiger partial charge in [-0.25, -0.2) is 28.5 Å². The van der Waals surface area contributed by atoms with Gasteiger partial charge in [-0.2, -0.15) is 0 Å². The van der Waals surface area contributed by atoms with Crippen LogP contribution >= 0.6 is 11.8 Å². The predicted molar refractivity (Wildman–Crippen MR) is 105 cm³/mol. The number of hydrogen-bond donors (Lipinski definition) is 3. The molecule has 30 heavy (non-hydrogen) atoms. The lowest BCUT2D eigenvalue weighted by Crippen LogP contribution is -2.35. The summed E-state index contributed by atoms with van der Waals surface area (Å²) in [6.45, 7) is 1.16. The van der Waals surface area contributed by atoms with Gasteiger partial charge in [-0.05, 0) is 13.0 Å². The van der Waals surface area contributed by atoms with Crippen LogP contribution in [-0.4, -0.2) is 50.3 Å². The number of H-pyrrole nitrogens is 1. The molecule has 3 rings (SSSR count). The van der Waals surface area contributed by atoms with E-state index in [9.17, 15) is 23.5 Å². The largest absolute Gasteiger partial charge is 0.464 e. The molecule has 0 radical (unpaired) electrons. The molecule has 12 heteroatoms. The Kier molecular flexibility index (Phi) is 6.90. The second kappa shape index (κ2) is 9.59. The van der Waals surface area contributed by atoms with Crippen LogP contribution in [0.1, 0.15) is 12.5 Å². The molecule has 2 heterocycles. The molecular formula is C18H17F2N5O4S. The Hall–Kier alpha value is -3.12. The zero-order valence-corrected chi connectivity index (χ0v) is 16.5. The van der Waals surface area contributed by atoms with E-state index in [0.717, 1.165) is 24.0 Å². The van der Waals surface area contributed by atoms with Crippen molar-refractivity contribution in [2.45, 2.75) is 23.9 Å². The quantitative estimate of drug-likeness (QED) is 0.273. The Morgan fingerprint density at radius 1 is 1.37 bits per heavy atom. The Morgan fingerprint density at radius 3 is 2.90 bits per heavy atom. The van der Waals surface area contributed by atoms with Crippen LogP contribution in [0.2, 0.25) is 0 Å². The minimum absolute atomic E-state index is 0.0142. The van der Waals surface area contributed by atoms with Crippen molar-refractivity contribution in [3.05, 3.63) is 51.9 Å². The normalized spacial score (nSPS) is 12.0. The number of fused-ring (bicyclic) bond motifs is 1. The molecule has 158 valence electrons. The van der Waals surface area contributed by atoms with E-state index >= 15 is 0 Å². The van der Waals surface area contributed by atoms with Gasteiger partial charge in [0.15, 0.2) is 28.3 Å². The van der Waals surface area contributed by atoms with Crippen molar-refractivity contribution in [1.29, 1.82) is 0 Å². The molecule has 0 fully saturated rings. The van der Waals surface area contributed by atoms with E-state index in [1.165, 1.54) is 12.1 Å². The van der Waals surface area contributed by atoms with Gasteiger partial charge in [-0.15, -0.1) is 0 Å². The van der Waals surface area contributed by atoms with Crippen molar-refractivity contribution < 1.29 is 23.4 Å². The highest BCUT2D eigenvalue weighted by molar-refractivity contribution is 7.98. The number of hydrogen-bond acceptors (Lipinski definition) is 9. The molecule has 3 N–H and O–H groups in total. The molecule has 1 atom stereocenters. The highest BCUT2D eigenvalue weighted by Gasteiger charge is 2.22. The van der Waals surface area contributed by atoms with Crippen LogP contribution in [0.3, 0.4) is 0 Å². The average Bonchev–Trinajstić information content (AvgIpc) is 2.72. The molecule has 0 aliphatic carbocycles. The van der Waals surface area contributed by atoms with Crippen molar-refractivity contribution in [2.24, 2.45) is 0 Å². The summed E-state index contributed by atoms with van der Waals surface area (Å²) in [5, 5.41) is 12.3. The fourth-order valence-electron chi connectivity index (χ4n) is 2.47. The number of halogens is 2. The van der Waals surface area contributed by atoms with Crippen molar-refractivity contribution in [3.63, 3.8) is 0 Å². The molecule has 2 aromatic heterocycles. The molecule has 0 spiro atoms. The molecule has 0 bridgehead atoms. The molecule has 1 aromatic carbocycles. The second-order valence-electron chi connectivity index (χ2n) is 5.93. The van der Waals surface area contributed by atoms with Crippen molar-refractivity contribution in [1.82, 2.24) is 19.9 Å². The number of aromatic amines is 1. The van der Waals surface area contributed by atoms with Gasteiger partial charge in [0.1, 0.15) is 11.6 Å². The molecule has 0 saturated carbocycles. The van der Waals surface area contributed by atoms with E-state index in [-0.39, 0.29) is 40.1 Å². The highest BCUT2D eigenvalue weighted by Crippen LogP contribution is 2.26. The summed E-state index contributed by atoms with van der Waals surface area (Å²) in [6, 6.07) is 2.70. The maximum Gasteiger partial charge on any atom is 0.331 e. The van der Waals surface area contributed by atoms with Crippen LogP contribution in [0.5, 0.6) is 0 Å². The summed E-state index contributed by atoms with van der Waals surface area (Å²) >= 11 is 0.987. The average molecular weight is 437 g/mol. The van der Waals surface area contributed by atoms with E-state index in [1.807, 2.05) is 0 Å². The van der Waals surface area contributed by atoms with Crippen LogP contribution < -0.4 is 10.9 Å². The van der Waals surface area contributed by atoms with E-state index in [2.05, 4.69) is 25.3 Å². The number of anilines is 1. The van der Waals surface area contributed by atoms with Crippen LogP contribution in [0.25, 0.3) is 11.2 Å². The van der Waals surface area contributed by atoms with Crippen LogP contribution in [0.15, 0.2) is 34.3 Å². The first-order valence-electron chi connectivity index (χ1n) is 8.79. The lowest BCUT2D eigenvalue weighted by atomic mass is 10.2. The minimum atomic E-state index is -1.13. The number of nitrogens with one attached hydrogen (secondary N) is 2. The van der Waals surface area contributed by atoms with E-state index in [1.54, 1.807) is 6.92 Å². The number of rotatable bonds is 8. The van der Waals surface area contributed by atoms with Gasteiger partial charge < -0.3 is 20.1 Å². The summed E-state index contributed by atoms with van der Waals surface area (Å²) in [5.74, 6) is -2.57. The number of benzene rings is 1. The first-order valence-corrected chi connectivity index (χ1v) is 9.78. The lowest BCUT2D eigenvalue weighted by molar-refractivity contribution is -0.144. The highest BCUT2D eigenvalue weighted by atomic mass is 32.2. The molecule has 0 amide bonds. The molecule has 0 unspecified atom stereocenters. The number of ether oxygens (including phenoxy) is 1. The van der Waals surface area contributed by atoms with E-state index in [4.69, 9.17) is 4.74 Å².